The summed E-state index contributed by atoms with van der Waals surface area (Å²) < 4.78 is 5.87. The molecule has 2 fully saturated rings. The van der Waals surface area contributed by atoms with Crippen LogP contribution >= 0.6 is 0 Å². The van der Waals surface area contributed by atoms with Crippen molar-refractivity contribution >= 4 is 5.96 Å². The van der Waals surface area contributed by atoms with Crippen LogP contribution in [0.5, 0.6) is 0 Å². The molecule has 2 aliphatic heterocycles. The second-order valence-corrected chi connectivity index (χ2v) is 5.38. The maximum atomic E-state index is 5.87. The van der Waals surface area contributed by atoms with Crippen LogP contribution in [0.25, 0.3) is 0 Å². The van der Waals surface area contributed by atoms with Crippen molar-refractivity contribution in [2.24, 2.45) is 4.99 Å². The molecule has 0 unspecified atom stereocenters. The molecule has 2 aliphatic rings. The molecule has 5 nitrogen and oxygen atoms in total. The largest absolute Gasteiger partial charge is 0.373 e. The van der Waals surface area contributed by atoms with Gasteiger partial charge in [-0.3, -0.25) is 4.98 Å². The third kappa shape index (κ3) is 3.10. The molecule has 2 N–H and O–H groups in total. The van der Waals surface area contributed by atoms with Gasteiger partial charge in [0.25, 0.3) is 0 Å². The quantitative estimate of drug-likeness (QED) is 0.644. The summed E-state index contributed by atoms with van der Waals surface area (Å²) in [7, 11) is 0. The van der Waals surface area contributed by atoms with Crippen LogP contribution in [0.4, 0.5) is 0 Å². The molecule has 5 heteroatoms. The maximum absolute atomic E-state index is 5.87. The fourth-order valence-electron chi connectivity index (χ4n) is 2.94. The number of ether oxygens (including phenoxy) is 1. The lowest BCUT2D eigenvalue weighted by Gasteiger charge is -2.22. The number of hydrogen-bond acceptors (Lipinski definition) is 3. The lowest BCUT2D eigenvalue weighted by molar-refractivity contribution is 0.0992. The first kappa shape index (κ1) is 13.4. The molecule has 3 heterocycles. The van der Waals surface area contributed by atoms with Crippen molar-refractivity contribution in [3.63, 3.8) is 0 Å². The van der Waals surface area contributed by atoms with Crippen LogP contribution in [0.15, 0.2) is 29.4 Å². The van der Waals surface area contributed by atoms with Gasteiger partial charge in [-0.1, -0.05) is 6.07 Å². The number of pyridine rings is 1. The van der Waals surface area contributed by atoms with Crippen molar-refractivity contribution in [3.8, 4) is 0 Å². The number of nitrogens with zero attached hydrogens (tertiary/aromatic N) is 2. The van der Waals surface area contributed by atoms with E-state index in [0.29, 0.717) is 24.8 Å². The molecule has 1 aromatic rings. The summed E-state index contributed by atoms with van der Waals surface area (Å²) in [4.78, 5) is 8.90. The van der Waals surface area contributed by atoms with Crippen LogP contribution < -0.4 is 10.6 Å². The third-order valence-electron chi connectivity index (χ3n) is 3.90. The van der Waals surface area contributed by atoms with Gasteiger partial charge in [-0.05, 0) is 38.3 Å². The Morgan fingerprint density at radius 1 is 1.45 bits per heavy atom. The maximum Gasteiger partial charge on any atom is 0.191 e. The Morgan fingerprint density at radius 3 is 3.05 bits per heavy atom. The lowest BCUT2D eigenvalue weighted by atomic mass is 9.96. The molecule has 20 heavy (non-hydrogen) atoms. The molecule has 0 aliphatic carbocycles. The van der Waals surface area contributed by atoms with E-state index >= 15 is 0 Å². The SMILES string of the molecule is CCNC(=NCc1ccccn1)N[C@H]1C[C@H]2CC[C@H]1O2. The Labute approximate surface area is 119 Å². The van der Waals surface area contributed by atoms with E-state index in [9.17, 15) is 0 Å². The Kier molecular flexibility index (Phi) is 4.16. The van der Waals surface area contributed by atoms with Gasteiger partial charge in [0.15, 0.2) is 5.96 Å². The van der Waals surface area contributed by atoms with Gasteiger partial charge >= 0.3 is 0 Å². The number of fused-ring (bicyclic) bond motifs is 2. The zero-order valence-corrected chi connectivity index (χ0v) is 11.9. The summed E-state index contributed by atoms with van der Waals surface area (Å²) in [6.07, 6.45) is 6.09. The molecule has 2 bridgehead atoms. The van der Waals surface area contributed by atoms with Gasteiger partial charge < -0.3 is 15.4 Å². The van der Waals surface area contributed by atoms with Crippen LogP contribution in [0.3, 0.4) is 0 Å². The van der Waals surface area contributed by atoms with E-state index in [1.807, 2.05) is 18.2 Å². The Morgan fingerprint density at radius 2 is 2.40 bits per heavy atom. The van der Waals surface area contributed by atoms with Crippen LogP contribution in [-0.2, 0) is 11.3 Å². The predicted molar refractivity (Wildman–Crippen MR) is 78.5 cm³/mol. The summed E-state index contributed by atoms with van der Waals surface area (Å²) in [5.74, 6) is 0.860. The molecule has 0 saturated carbocycles. The molecule has 108 valence electrons. The minimum Gasteiger partial charge on any atom is -0.373 e. The van der Waals surface area contributed by atoms with E-state index in [4.69, 9.17) is 4.74 Å². The van der Waals surface area contributed by atoms with E-state index in [1.165, 1.54) is 12.8 Å². The Bertz CT molecular complexity index is 462. The van der Waals surface area contributed by atoms with Gasteiger partial charge in [-0.2, -0.15) is 0 Å². The summed E-state index contributed by atoms with van der Waals surface area (Å²) in [5.41, 5.74) is 0.980. The number of aromatic nitrogens is 1. The summed E-state index contributed by atoms with van der Waals surface area (Å²) in [6.45, 7) is 3.53. The molecule has 2 saturated heterocycles. The monoisotopic (exact) mass is 274 g/mol. The van der Waals surface area contributed by atoms with Crippen molar-refractivity contribution in [1.82, 2.24) is 15.6 Å². The molecular formula is C15H22N4O. The second-order valence-electron chi connectivity index (χ2n) is 5.38. The summed E-state index contributed by atoms with van der Waals surface area (Å²) >= 11 is 0. The van der Waals surface area contributed by atoms with Gasteiger partial charge in [-0.15, -0.1) is 0 Å². The highest BCUT2D eigenvalue weighted by Gasteiger charge is 2.41. The van der Waals surface area contributed by atoms with Crippen LogP contribution in [0.2, 0.25) is 0 Å². The smallest absolute Gasteiger partial charge is 0.191 e. The van der Waals surface area contributed by atoms with E-state index in [2.05, 4.69) is 27.5 Å². The van der Waals surface area contributed by atoms with Crippen LogP contribution in [0.1, 0.15) is 31.9 Å². The molecule has 0 aromatic carbocycles. The highest BCUT2D eigenvalue weighted by Crippen LogP contribution is 2.34. The van der Waals surface area contributed by atoms with E-state index in [1.54, 1.807) is 6.20 Å². The zero-order chi connectivity index (χ0) is 13.8. The first-order valence-electron chi connectivity index (χ1n) is 7.45. The van der Waals surface area contributed by atoms with Crippen molar-refractivity contribution < 1.29 is 4.74 Å². The average molecular weight is 274 g/mol. The van der Waals surface area contributed by atoms with E-state index in [0.717, 1.165) is 24.6 Å². The van der Waals surface area contributed by atoms with Gasteiger partial charge in [-0.25, -0.2) is 4.99 Å². The zero-order valence-electron chi connectivity index (χ0n) is 11.9. The van der Waals surface area contributed by atoms with Crippen LogP contribution in [-0.4, -0.2) is 35.7 Å². The summed E-state index contributed by atoms with van der Waals surface area (Å²) in [5, 5.41) is 6.80. The minimum atomic E-state index is 0.360. The predicted octanol–water partition coefficient (Wildman–Crippen LogP) is 1.46. The standard InChI is InChI=1S/C15H22N4O/c1-2-16-15(18-10-11-5-3-4-8-17-11)19-13-9-12-6-7-14(13)20-12/h3-5,8,12-14H,2,6-7,9-10H2,1H3,(H2,16,18,19)/t12-,13+,14-/m1/s1. The fourth-order valence-corrected chi connectivity index (χ4v) is 2.94. The second kappa shape index (κ2) is 6.22. The van der Waals surface area contributed by atoms with Crippen molar-refractivity contribution in [2.75, 3.05) is 6.54 Å². The summed E-state index contributed by atoms with van der Waals surface area (Å²) in [6, 6.07) is 6.30. The van der Waals surface area contributed by atoms with Crippen LogP contribution in [0, 0.1) is 0 Å². The highest BCUT2D eigenvalue weighted by molar-refractivity contribution is 5.80. The number of aliphatic imine (C=N–C) groups is 1. The number of nitrogens with one attached hydrogen (secondary N) is 2. The fraction of sp³-hybridized carbons (Fsp3) is 0.600. The third-order valence-corrected chi connectivity index (χ3v) is 3.90. The molecule has 0 spiro atoms. The number of hydrogen-bond donors (Lipinski definition) is 2. The van der Waals surface area contributed by atoms with Crippen molar-refractivity contribution in [1.29, 1.82) is 0 Å². The first-order chi connectivity index (χ1) is 9.85. The topological polar surface area (TPSA) is 58.5 Å². The lowest BCUT2D eigenvalue weighted by Crippen LogP contribution is -2.47. The first-order valence-corrected chi connectivity index (χ1v) is 7.45. The highest BCUT2D eigenvalue weighted by atomic mass is 16.5. The van der Waals surface area contributed by atoms with Gasteiger partial charge in [0, 0.05) is 12.7 Å². The normalized spacial score (nSPS) is 28.6. The molecule has 3 atom stereocenters. The van der Waals surface area contributed by atoms with Gasteiger partial charge in [0.2, 0.25) is 0 Å². The molecule has 0 amide bonds. The number of guanidine groups is 1. The minimum absolute atomic E-state index is 0.360. The van der Waals surface area contributed by atoms with Gasteiger partial charge in [0.05, 0.1) is 30.5 Å². The molecular weight excluding hydrogens is 252 g/mol. The molecule has 1 aromatic heterocycles. The van der Waals surface area contributed by atoms with Gasteiger partial charge in [0.1, 0.15) is 0 Å². The van der Waals surface area contributed by atoms with Crippen molar-refractivity contribution in [2.45, 2.75) is 51.0 Å². The Balaban J connectivity index is 1.60. The Hall–Kier alpha value is -1.62. The average Bonchev–Trinajstić information content (AvgIpc) is 3.09. The molecule has 0 radical (unpaired) electrons. The van der Waals surface area contributed by atoms with E-state index in [-0.39, 0.29) is 0 Å². The molecule has 3 rings (SSSR count). The van der Waals surface area contributed by atoms with Crippen molar-refractivity contribution in [3.05, 3.63) is 30.1 Å². The van der Waals surface area contributed by atoms with E-state index < -0.39 is 0 Å². The number of rotatable bonds is 4.